The van der Waals surface area contributed by atoms with Gasteiger partial charge in [-0.25, -0.2) is 13.4 Å². The van der Waals surface area contributed by atoms with Gasteiger partial charge in [0.05, 0.1) is 24.3 Å². The van der Waals surface area contributed by atoms with Gasteiger partial charge >= 0.3 is 0 Å². The fraction of sp³-hybridized carbons (Fsp3) is 0.348. The topological polar surface area (TPSA) is 69.3 Å². The van der Waals surface area contributed by atoms with Crippen molar-refractivity contribution in [3.05, 3.63) is 83.9 Å². The zero-order chi connectivity index (χ0) is 21.0. The third-order valence-corrected chi connectivity index (χ3v) is 7.56. The average Bonchev–Trinajstić information content (AvgIpc) is 3.23. The number of aromatic nitrogens is 2. The van der Waals surface area contributed by atoms with Crippen LogP contribution in [0.5, 0.6) is 0 Å². The molecule has 1 aliphatic heterocycles. The SMILES string of the molecule is CCS(=O)(=O)N1Cc2ccccc2N(Cc2cnc[nH]2)[C@@H](CCc2ccccc2)C1. The van der Waals surface area contributed by atoms with Crippen molar-refractivity contribution in [1.82, 2.24) is 14.3 Å². The number of aromatic amines is 1. The van der Waals surface area contributed by atoms with E-state index in [0.29, 0.717) is 19.6 Å². The van der Waals surface area contributed by atoms with Gasteiger partial charge in [-0.15, -0.1) is 0 Å². The summed E-state index contributed by atoms with van der Waals surface area (Å²) in [7, 11) is -3.30. The van der Waals surface area contributed by atoms with Gasteiger partial charge in [0, 0.05) is 31.0 Å². The first kappa shape index (κ1) is 20.6. The molecule has 3 aromatic rings. The van der Waals surface area contributed by atoms with Gasteiger partial charge in [-0.2, -0.15) is 4.31 Å². The van der Waals surface area contributed by atoms with Crippen molar-refractivity contribution in [3.63, 3.8) is 0 Å². The van der Waals surface area contributed by atoms with Gasteiger partial charge in [0.2, 0.25) is 10.0 Å². The Morgan fingerprint density at radius 2 is 1.87 bits per heavy atom. The molecule has 1 N–H and O–H groups in total. The van der Waals surface area contributed by atoms with Crippen molar-refractivity contribution >= 4 is 15.7 Å². The Labute approximate surface area is 178 Å². The molecule has 1 aromatic heterocycles. The summed E-state index contributed by atoms with van der Waals surface area (Å²) in [6, 6.07) is 18.6. The van der Waals surface area contributed by atoms with E-state index in [1.54, 1.807) is 17.6 Å². The molecule has 0 fully saturated rings. The maximum atomic E-state index is 12.9. The number of aryl methyl sites for hydroxylation is 1. The lowest BCUT2D eigenvalue weighted by Gasteiger charge is -2.34. The van der Waals surface area contributed by atoms with Crippen molar-refractivity contribution in [2.24, 2.45) is 0 Å². The predicted octanol–water partition coefficient (Wildman–Crippen LogP) is 3.58. The lowest BCUT2D eigenvalue weighted by Crippen LogP contribution is -2.44. The fourth-order valence-electron chi connectivity index (χ4n) is 4.10. The molecule has 0 spiro atoms. The minimum absolute atomic E-state index is 0.0541. The second-order valence-electron chi connectivity index (χ2n) is 7.70. The minimum Gasteiger partial charge on any atom is -0.361 e. The Bertz CT molecular complexity index is 1050. The quantitative estimate of drug-likeness (QED) is 0.629. The molecule has 0 radical (unpaired) electrons. The zero-order valence-corrected chi connectivity index (χ0v) is 18.1. The third-order valence-electron chi connectivity index (χ3n) is 5.77. The summed E-state index contributed by atoms with van der Waals surface area (Å²) in [5.41, 5.74) is 4.41. The number of para-hydroxylation sites is 1. The molecule has 0 aliphatic carbocycles. The summed E-state index contributed by atoms with van der Waals surface area (Å²) >= 11 is 0. The maximum absolute atomic E-state index is 12.9. The van der Waals surface area contributed by atoms with E-state index in [0.717, 1.165) is 29.8 Å². The fourth-order valence-corrected chi connectivity index (χ4v) is 5.20. The summed E-state index contributed by atoms with van der Waals surface area (Å²) < 4.78 is 27.4. The molecular formula is C23H28N4O2S. The van der Waals surface area contributed by atoms with Gasteiger partial charge in [0.15, 0.2) is 0 Å². The molecule has 4 rings (SSSR count). The molecule has 0 saturated carbocycles. The Balaban J connectivity index is 1.70. The van der Waals surface area contributed by atoms with Crippen LogP contribution >= 0.6 is 0 Å². The van der Waals surface area contributed by atoms with Crippen LogP contribution in [0.3, 0.4) is 0 Å². The zero-order valence-electron chi connectivity index (χ0n) is 17.2. The second kappa shape index (κ2) is 9.02. The van der Waals surface area contributed by atoms with Crippen LogP contribution < -0.4 is 4.90 Å². The number of H-pyrrole nitrogens is 1. The van der Waals surface area contributed by atoms with E-state index >= 15 is 0 Å². The number of nitrogens with zero attached hydrogens (tertiary/aromatic N) is 3. The molecule has 0 unspecified atom stereocenters. The van der Waals surface area contributed by atoms with E-state index in [2.05, 4.69) is 33.1 Å². The van der Waals surface area contributed by atoms with Crippen LogP contribution in [0.15, 0.2) is 67.1 Å². The number of imidazole rings is 1. The normalized spacial score (nSPS) is 17.5. The van der Waals surface area contributed by atoms with Crippen LogP contribution in [0.1, 0.15) is 30.2 Å². The second-order valence-corrected chi connectivity index (χ2v) is 9.96. The molecule has 30 heavy (non-hydrogen) atoms. The summed E-state index contributed by atoms with van der Waals surface area (Å²) in [6.45, 7) is 3.27. The van der Waals surface area contributed by atoms with E-state index in [1.807, 2.05) is 42.6 Å². The number of rotatable bonds is 7. The summed E-state index contributed by atoms with van der Waals surface area (Å²) in [5, 5.41) is 0. The maximum Gasteiger partial charge on any atom is 0.214 e. The molecule has 158 valence electrons. The number of fused-ring (bicyclic) bond motifs is 1. The molecule has 1 atom stereocenters. The number of anilines is 1. The van der Waals surface area contributed by atoms with Crippen molar-refractivity contribution in [2.45, 2.75) is 38.9 Å². The van der Waals surface area contributed by atoms with Crippen molar-refractivity contribution in [3.8, 4) is 0 Å². The molecule has 7 heteroatoms. The van der Waals surface area contributed by atoms with Crippen LogP contribution in [0.4, 0.5) is 5.69 Å². The average molecular weight is 425 g/mol. The van der Waals surface area contributed by atoms with Crippen LogP contribution in [-0.4, -0.2) is 41.0 Å². The van der Waals surface area contributed by atoms with E-state index in [4.69, 9.17) is 0 Å². The highest BCUT2D eigenvalue weighted by Crippen LogP contribution is 2.32. The third kappa shape index (κ3) is 4.57. The van der Waals surface area contributed by atoms with Gasteiger partial charge in [-0.3, -0.25) is 0 Å². The first-order valence-electron chi connectivity index (χ1n) is 10.4. The van der Waals surface area contributed by atoms with Gasteiger partial charge in [-0.05, 0) is 37.0 Å². The Morgan fingerprint density at radius 3 is 2.60 bits per heavy atom. The number of hydrogen-bond donors (Lipinski definition) is 1. The Kier molecular flexibility index (Phi) is 6.20. The largest absolute Gasteiger partial charge is 0.361 e. The first-order chi connectivity index (χ1) is 14.6. The highest BCUT2D eigenvalue weighted by Gasteiger charge is 2.32. The minimum atomic E-state index is -3.30. The number of sulfonamides is 1. The van der Waals surface area contributed by atoms with Gasteiger partial charge in [0.25, 0.3) is 0 Å². The van der Waals surface area contributed by atoms with Gasteiger partial charge in [0.1, 0.15) is 0 Å². The number of hydrogen-bond acceptors (Lipinski definition) is 4. The summed E-state index contributed by atoms with van der Waals surface area (Å²) in [6.07, 6.45) is 5.28. The van der Waals surface area contributed by atoms with Crippen molar-refractivity contribution in [1.29, 1.82) is 0 Å². The molecule has 0 amide bonds. The van der Waals surface area contributed by atoms with E-state index in [-0.39, 0.29) is 11.8 Å². The summed E-state index contributed by atoms with van der Waals surface area (Å²) in [5.74, 6) is 0.112. The van der Waals surface area contributed by atoms with E-state index in [9.17, 15) is 8.42 Å². The molecule has 2 aromatic carbocycles. The monoisotopic (exact) mass is 424 g/mol. The van der Waals surface area contributed by atoms with E-state index < -0.39 is 10.0 Å². The van der Waals surface area contributed by atoms with E-state index in [1.165, 1.54) is 5.56 Å². The van der Waals surface area contributed by atoms with Crippen LogP contribution in [-0.2, 0) is 29.5 Å². The highest BCUT2D eigenvalue weighted by atomic mass is 32.2. The lowest BCUT2D eigenvalue weighted by molar-refractivity contribution is 0.370. The summed E-state index contributed by atoms with van der Waals surface area (Å²) in [4.78, 5) is 9.71. The van der Waals surface area contributed by atoms with Crippen LogP contribution in [0.25, 0.3) is 0 Å². The van der Waals surface area contributed by atoms with Crippen molar-refractivity contribution in [2.75, 3.05) is 17.2 Å². The molecule has 0 saturated heterocycles. The standard InChI is InChI=1S/C23H28N4O2S/c1-2-30(28,29)26-15-20-10-6-7-11-23(20)27(16-21-14-24-18-25-21)22(17-26)13-12-19-8-4-3-5-9-19/h3-11,14,18,22H,2,12-13,15-17H2,1H3,(H,24,25)/t22-/m0/s1. The van der Waals surface area contributed by atoms with Crippen LogP contribution in [0.2, 0.25) is 0 Å². The highest BCUT2D eigenvalue weighted by molar-refractivity contribution is 7.89. The molecule has 6 nitrogen and oxygen atoms in total. The lowest BCUT2D eigenvalue weighted by atomic mass is 10.0. The van der Waals surface area contributed by atoms with Crippen molar-refractivity contribution < 1.29 is 8.42 Å². The molecule has 0 bridgehead atoms. The molecule has 2 heterocycles. The molecular weight excluding hydrogens is 396 g/mol. The smallest absolute Gasteiger partial charge is 0.214 e. The first-order valence-corrected chi connectivity index (χ1v) is 12.0. The predicted molar refractivity (Wildman–Crippen MR) is 120 cm³/mol. The van der Waals surface area contributed by atoms with Gasteiger partial charge < -0.3 is 9.88 Å². The Hall–Kier alpha value is -2.64. The molecule has 1 aliphatic rings. The Morgan fingerprint density at radius 1 is 1.10 bits per heavy atom. The number of nitrogens with one attached hydrogen (secondary N) is 1. The van der Waals surface area contributed by atoms with Gasteiger partial charge in [-0.1, -0.05) is 48.5 Å². The number of benzene rings is 2. The van der Waals surface area contributed by atoms with Crippen LogP contribution in [0, 0.1) is 0 Å².